The van der Waals surface area contributed by atoms with Crippen molar-refractivity contribution in [3.63, 3.8) is 0 Å². The maximum absolute atomic E-state index is 12.6. The zero-order chi connectivity index (χ0) is 29.5. The van der Waals surface area contributed by atoms with Crippen LogP contribution < -0.4 is 4.57 Å². The highest BCUT2D eigenvalue weighted by Gasteiger charge is 2.29. The number of imide groups is 1. The van der Waals surface area contributed by atoms with Crippen LogP contribution in [-0.2, 0) is 32.6 Å². The molecule has 1 aliphatic heterocycles. The van der Waals surface area contributed by atoms with Gasteiger partial charge >= 0.3 is 6.09 Å². The largest absolute Gasteiger partial charge is 0.449 e. The first-order valence-corrected chi connectivity index (χ1v) is 16.6. The minimum absolute atomic E-state index is 0.0482. The molecule has 0 spiro atoms. The summed E-state index contributed by atoms with van der Waals surface area (Å²) in [4.78, 5) is 25.8. The van der Waals surface area contributed by atoms with Crippen LogP contribution in [0.3, 0.4) is 0 Å². The van der Waals surface area contributed by atoms with E-state index < -0.39 is 6.09 Å². The maximum Gasteiger partial charge on any atom is 0.417 e. The topological polar surface area (TPSA) is 69.0 Å². The summed E-state index contributed by atoms with van der Waals surface area (Å²) in [5.41, 5.74) is 0.852. The summed E-state index contributed by atoms with van der Waals surface area (Å²) in [6.07, 6.45) is 24.0. The Morgan fingerprint density at radius 3 is 2.02 bits per heavy atom. The molecule has 0 aliphatic carbocycles. The highest BCUT2D eigenvalue weighted by molar-refractivity contribution is 5.90. The number of nitrogens with zero attached hydrogens (tertiary/aromatic N) is 2. The van der Waals surface area contributed by atoms with E-state index in [1.54, 1.807) is 0 Å². The SMILES string of the molecule is CCCCCCCCCCCCCCCCCCOC[C@H]1C[C@H](COC(=O)N(Cc2cccc[n+]2C)C(C)=O)CO1. The zero-order valence-corrected chi connectivity index (χ0v) is 26.5. The normalized spacial score (nSPS) is 16.7. The minimum Gasteiger partial charge on any atom is -0.449 e. The van der Waals surface area contributed by atoms with Crippen molar-refractivity contribution in [1.82, 2.24) is 4.90 Å². The van der Waals surface area contributed by atoms with Gasteiger partial charge in [-0.15, -0.1) is 0 Å². The maximum atomic E-state index is 12.6. The van der Waals surface area contributed by atoms with E-state index in [-0.39, 0.29) is 31.1 Å². The lowest BCUT2D eigenvalue weighted by Crippen LogP contribution is -2.41. The van der Waals surface area contributed by atoms with E-state index in [0.29, 0.717) is 13.2 Å². The molecule has 7 heteroatoms. The number of pyridine rings is 1. The molecule has 0 aromatic carbocycles. The number of rotatable bonds is 23. The number of unbranched alkanes of at least 4 members (excludes halogenated alkanes) is 15. The van der Waals surface area contributed by atoms with Crippen molar-refractivity contribution in [1.29, 1.82) is 0 Å². The Bertz CT molecular complexity index is 833. The van der Waals surface area contributed by atoms with Gasteiger partial charge < -0.3 is 14.2 Å². The van der Waals surface area contributed by atoms with E-state index in [0.717, 1.165) is 30.0 Å². The molecular weight excluding hydrogens is 516 g/mol. The summed E-state index contributed by atoms with van der Waals surface area (Å²) >= 11 is 0. The van der Waals surface area contributed by atoms with Crippen molar-refractivity contribution in [2.75, 3.05) is 26.4 Å². The number of amides is 2. The average molecular weight is 576 g/mol. The van der Waals surface area contributed by atoms with E-state index in [4.69, 9.17) is 14.2 Å². The number of aromatic nitrogens is 1. The lowest BCUT2D eigenvalue weighted by atomic mass is 10.0. The Hall–Kier alpha value is -1.99. The van der Waals surface area contributed by atoms with Crippen LogP contribution >= 0.6 is 0 Å². The predicted molar refractivity (Wildman–Crippen MR) is 163 cm³/mol. The Morgan fingerprint density at radius 2 is 1.46 bits per heavy atom. The van der Waals surface area contributed by atoms with Gasteiger partial charge in [0.05, 0.1) is 25.9 Å². The second kappa shape index (κ2) is 22.6. The second-order valence-electron chi connectivity index (χ2n) is 11.9. The van der Waals surface area contributed by atoms with Gasteiger partial charge in [-0.3, -0.25) is 4.79 Å². The van der Waals surface area contributed by atoms with Crippen LogP contribution in [-0.4, -0.2) is 49.4 Å². The molecular formula is C34H59N2O5+. The smallest absolute Gasteiger partial charge is 0.417 e. The molecule has 1 aromatic rings. The molecule has 2 rings (SSSR count). The molecule has 2 amide bonds. The number of carbonyl (C=O) groups is 2. The number of aryl methyl sites for hydroxylation is 1. The standard InChI is InChI=1S/C34H59N2O5/c1-4-5-6-7-8-9-10-11-12-13-14-15-16-17-18-21-24-39-29-33-25-31(27-40-33)28-41-34(38)36(30(2)37)26-32-22-19-20-23-35(32)3/h19-20,22-23,31,33H,4-18,21,24-29H2,1-3H3/q+1/t31-,33+/m0/s1. The third-order valence-corrected chi connectivity index (χ3v) is 8.14. The number of carbonyl (C=O) groups excluding carboxylic acids is 2. The highest BCUT2D eigenvalue weighted by atomic mass is 16.6. The van der Waals surface area contributed by atoms with Gasteiger partial charge in [0.1, 0.15) is 13.6 Å². The molecule has 1 fully saturated rings. The van der Waals surface area contributed by atoms with Crippen LogP contribution in [0.2, 0.25) is 0 Å². The molecule has 2 heterocycles. The lowest BCUT2D eigenvalue weighted by molar-refractivity contribution is -0.679. The fourth-order valence-corrected chi connectivity index (χ4v) is 5.44. The van der Waals surface area contributed by atoms with Crippen LogP contribution in [0.1, 0.15) is 129 Å². The van der Waals surface area contributed by atoms with Gasteiger partial charge in [0, 0.05) is 31.6 Å². The fourth-order valence-electron chi connectivity index (χ4n) is 5.44. The summed E-state index contributed by atoms with van der Waals surface area (Å²) in [6, 6.07) is 5.68. The molecule has 0 saturated carbocycles. The second-order valence-corrected chi connectivity index (χ2v) is 11.9. The van der Waals surface area contributed by atoms with Gasteiger partial charge in [0.25, 0.3) is 0 Å². The molecule has 1 aliphatic rings. The Morgan fingerprint density at radius 1 is 0.878 bits per heavy atom. The molecule has 0 bridgehead atoms. The van der Waals surface area contributed by atoms with Crippen LogP contribution in [0.5, 0.6) is 0 Å². The van der Waals surface area contributed by atoms with Crippen LogP contribution in [0.4, 0.5) is 4.79 Å². The summed E-state index contributed by atoms with van der Waals surface area (Å²) < 4.78 is 19.1. The quantitative estimate of drug-likeness (QED) is 0.0989. The predicted octanol–water partition coefficient (Wildman–Crippen LogP) is 7.68. The Balaban J connectivity index is 1.40. The molecule has 1 aromatic heterocycles. The van der Waals surface area contributed by atoms with Crippen molar-refractivity contribution < 1.29 is 28.4 Å². The van der Waals surface area contributed by atoms with Gasteiger partial charge in [0.15, 0.2) is 6.20 Å². The molecule has 2 atom stereocenters. The van der Waals surface area contributed by atoms with E-state index in [2.05, 4.69) is 6.92 Å². The first kappa shape index (κ1) is 35.2. The molecule has 0 N–H and O–H groups in total. The van der Waals surface area contributed by atoms with E-state index in [9.17, 15) is 9.59 Å². The third kappa shape index (κ3) is 16.3. The zero-order valence-electron chi connectivity index (χ0n) is 26.5. The van der Waals surface area contributed by atoms with Crippen LogP contribution in [0.25, 0.3) is 0 Å². The summed E-state index contributed by atoms with van der Waals surface area (Å²) in [6.45, 7) is 6.02. The lowest BCUT2D eigenvalue weighted by Gasteiger charge is -2.18. The van der Waals surface area contributed by atoms with E-state index in [1.165, 1.54) is 103 Å². The fraction of sp³-hybridized carbons (Fsp3) is 0.794. The van der Waals surface area contributed by atoms with Crippen molar-refractivity contribution in [3.8, 4) is 0 Å². The number of hydrogen-bond donors (Lipinski definition) is 0. The summed E-state index contributed by atoms with van der Waals surface area (Å²) in [7, 11) is 1.89. The molecule has 7 nitrogen and oxygen atoms in total. The van der Waals surface area contributed by atoms with Crippen molar-refractivity contribution in [3.05, 3.63) is 30.1 Å². The molecule has 234 valence electrons. The van der Waals surface area contributed by atoms with Crippen LogP contribution in [0.15, 0.2) is 24.4 Å². The van der Waals surface area contributed by atoms with Gasteiger partial charge in [-0.25, -0.2) is 14.3 Å². The van der Waals surface area contributed by atoms with Gasteiger partial charge in [-0.2, -0.15) is 0 Å². The molecule has 41 heavy (non-hydrogen) atoms. The summed E-state index contributed by atoms with van der Waals surface area (Å²) in [5.74, 6) is -0.202. The van der Waals surface area contributed by atoms with E-state index >= 15 is 0 Å². The van der Waals surface area contributed by atoms with E-state index in [1.807, 2.05) is 36.0 Å². The van der Waals surface area contributed by atoms with Gasteiger partial charge in [-0.05, 0) is 12.8 Å². The molecule has 0 unspecified atom stereocenters. The average Bonchev–Trinajstić information content (AvgIpc) is 3.42. The minimum atomic E-state index is -0.607. The third-order valence-electron chi connectivity index (χ3n) is 8.14. The Labute approximate surface area is 250 Å². The first-order chi connectivity index (χ1) is 20.0. The summed E-state index contributed by atoms with van der Waals surface area (Å²) in [5, 5.41) is 0. The Kier molecular flexibility index (Phi) is 19.4. The first-order valence-electron chi connectivity index (χ1n) is 16.6. The molecule has 1 saturated heterocycles. The molecule has 0 radical (unpaired) electrons. The number of hydrogen-bond acceptors (Lipinski definition) is 5. The number of ether oxygens (including phenoxy) is 3. The monoisotopic (exact) mass is 575 g/mol. The van der Waals surface area contributed by atoms with Gasteiger partial charge in [0.2, 0.25) is 11.6 Å². The van der Waals surface area contributed by atoms with Crippen molar-refractivity contribution >= 4 is 12.0 Å². The highest BCUT2D eigenvalue weighted by Crippen LogP contribution is 2.21. The van der Waals surface area contributed by atoms with Crippen molar-refractivity contribution in [2.45, 2.75) is 136 Å². The van der Waals surface area contributed by atoms with Crippen LogP contribution in [0, 0.1) is 5.92 Å². The van der Waals surface area contributed by atoms with Gasteiger partial charge in [-0.1, -0.05) is 109 Å². The van der Waals surface area contributed by atoms with Crippen molar-refractivity contribution in [2.24, 2.45) is 13.0 Å².